The number of nitroso groups, excluding NO2 is 3. The number of benzene rings is 2. The van der Waals surface area contributed by atoms with E-state index in [1.807, 2.05) is 74.5 Å². The van der Waals surface area contributed by atoms with Gasteiger partial charge in [0.05, 0.1) is 41.0 Å². The normalized spacial score (nSPS) is 12.2. The molecule has 2 unspecified atom stereocenters. The van der Waals surface area contributed by atoms with E-state index in [-0.39, 0.29) is 60.6 Å². The van der Waals surface area contributed by atoms with E-state index in [9.17, 15) is 14.7 Å². The Morgan fingerprint density at radius 3 is 1.79 bits per heavy atom. The van der Waals surface area contributed by atoms with E-state index in [4.69, 9.17) is 0 Å². The summed E-state index contributed by atoms with van der Waals surface area (Å²) in [5, 5.41) is 13.8. The van der Waals surface area contributed by atoms with Gasteiger partial charge in [0.1, 0.15) is 0 Å². The van der Waals surface area contributed by atoms with Crippen molar-refractivity contribution >= 4 is 0 Å². The van der Waals surface area contributed by atoms with Crippen molar-refractivity contribution in [3.05, 3.63) is 86.5 Å². The fraction of sp³-hybridized carbons (Fsp3) is 0.500. The fourth-order valence-electron chi connectivity index (χ4n) is 3.97. The Bertz CT molecular complexity index is 843. The summed E-state index contributed by atoms with van der Waals surface area (Å²) in [6.45, 7) is 4.99. The topological polar surface area (TPSA) is 98.0 Å². The molecule has 0 amide bonds. The molecule has 9 nitrogen and oxygen atoms in total. The van der Waals surface area contributed by atoms with Crippen LogP contribution in [0.25, 0.3) is 0 Å². The molecule has 0 aliphatic carbocycles. The van der Waals surface area contributed by atoms with Gasteiger partial charge in [-0.05, 0) is 36.3 Å². The molecule has 2 aromatic rings. The first-order valence-corrected chi connectivity index (χ1v) is 11.3. The molecule has 0 heterocycles. The van der Waals surface area contributed by atoms with Gasteiger partial charge in [-0.2, -0.15) is 0 Å². The molecule has 2 rings (SSSR count). The first-order valence-electron chi connectivity index (χ1n) is 11.3. The summed E-state index contributed by atoms with van der Waals surface area (Å²) in [7, 11) is 1.57. The Morgan fingerprint density at radius 1 is 0.735 bits per heavy atom. The molecular formula is C24H34N6NaO3+. The van der Waals surface area contributed by atoms with Gasteiger partial charge >= 0.3 is 29.6 Å². The summed E-state index contributed by atoms with van der Waals surface area (Å²) >= 11 is 0. The molecule has 0 spiro atoms. The second-order valence-corrected chi connectivity index (χ2v) is 8.73. The van der Waals surface area contributed by atoms with Gasteiger partial charge in [0.15, 0.2) is 0 Å². The summed E-state index contributed by atoms with van der Waals surface area (Å²) in [5.41, 5.74) is 2.14. The standard InChI is InChI=1S/C24H34N6O3.Na/c1-20(2)16-23(18-28(3)25-31)30(27-33)19-24(17-22-12-8-5-9-13-22)29(26-32)15-14-21-10-6-4-7-11-21;/h4-13,20,23-24H,14-19H2,1-3H3;/q;+1. The predicted molar refractivity (Wildman–Crippen MR) is 131 cm³/mol. The van der Waals surface area contributed by atoms with Crippen LogP contribution in [0.3, 0.4) is 0 Å². The number of likely N-dealkylation sites (N-methyl/N-ethyl adjacent to an activating group) is 1. The Morgan fingerprint density at radius 2 is 1.29 bits per heavy atom. The molecule has 0 radical (unpaired) electrons. The zero-order chi connectivity index (χ0) is 24.1. The smallest absolute Gasteiger partial charge is 0.262 e. The van der Waals surface area contributed by atoms with E-state index in [0.29, 0.717) is 25.8 Å². The van der Waals surface area contributed by atoms with Crippen molar-refractivity contribution in [1.82, 2.24) is 15.0 Å². The zero-order valence-corrected chi connectivity index (χ0v) is 22.7. The van der Waals surface area contributed by atoms with Gasteiger partial charge in [-0.1, -0.05) is 74.5 Å². The number of rotatable bonds is 16. The number of nitrogens with zero attached hydrogens (tertiary/aromatic N) is 6. The molecule has 0 saturated heterocycles. The minimum Gasteiger partial charge on any atom is -0.262 e. The second-order valence-electron chi connectivity index (χ2n) is 8.73. The van der Waals surface area contributed by atoms with Crippen molar-refractivity contribution in [3.63, 3.8) is 0 Å². The van der Waals surface area contributed by atoms with Gasteiger partial charge in [-0.3, -0.25) is 15.0 Å². The minimum atomic E-state index is -0.365. The molecule has 10 heteroatoms. The first-order chi connectivity index (χ1) is 16.0. The van der Waals surface area contributed by atoms with Crippen LogP contribution in [0.1, 0.15) is 31.4 Å². The average molecular weight is 478 g/mol. The summed E-state index contributed by atoms with van der Waals surface area (Å²) in [5.74, 6) is 0.283. The van der Waals surface area contributed by atoms with Crippen LogP contribution >= 0.6 is 0 Å². The molecule has 2 aromatic carbocycles. The van der Waals surface area contributed by atoms with Crippen LogP contribution in [0.5, 0.6) is 0 Å². The predicted octanol–water partition coefficient (Wildman–Crippen LogP) is 1.84. The largest absolute Gasteiger partial charge is 1.00 e. The van der Waals surface area contributed by atoms with Crippen LogP contribution in [0.4, 0.5) is 0 Å². The molecular weight excluding hydrogens is 443 g/mol. The molecule has 0 aliphatic rings. The van der Waals surface area contributed by atoms with Crippen LogP contribution < -0.4 is 29.6 Å². The summed E-state index contributed by atoms with van der Waals surface area (Å²) in [6.07, 6.45) is 1.84. The van der Waals surface area contributed by atoms with Gasteiger partial charge in [-0.15, -0.1) is 14.7 Å². The second kappa shape index (κ2) is 16.3. The molecule has 178 valence electrons. The van der Waals surface area contributed by atoms with Crippen molar-refractivity contribution in [2.24, 2.45) is 21.8 Å². The SMILES string of the molecule is CC(C)CC(CN(C)N=O)N(CC(Cc1ccccc1)N(CCc1ccccc1)N=O)N=O.[Na+]. The fourth-order valence-corrected chi connectivity index (χ4v) is 3.97. The monoisotopic (exact) mass is 477 g/mol. The van der Waals surface area contributed by atoms with Crippen molar-refractivity contribution in [1.29, 1.82) is 0 Å². The Balaban J connectivity index is 0.00000578. The Hall–Kier alpha value is -2.36. The Labute approximate surface area is 224 Å². The van der Waals surface area contributed by atoms with Crippen LogP contribution in [-0.4, -0.2) is 53.8 Å². The van der Waals surface area contributed by atoms with Gasteiger partial charge in [0, 0.05) is 13.6 Å². The maximum absolute atomic E-state index is 11.9. The van der Waals surface area contributed by atoms with E-state index < -0.39 is 0 Å². The number of hydrogen-bond donors (Lipinski definition) is 0. The number of hydrogen-bond acceptors (Lipinski definition) is 6. The Kier molecular flexibility index (Phi) is 14.2. The molecule has 0 saturated carbocycles. The van der Waals surface area contributed by atoms with E-state index >= 15 is 0 Å². The minimum absolute atomic E-state index is 0. The van der Waals surface area contributed by atoms with Gasteiger partial charge in [0.2, 0.25) is 0 Å². The van der Waals surface area contributed by atoms with Crippen molar-refractivity contribution in [2.75, 3.05) is 26.7 Å². The first kappa shape index (κ1) is 29.7. The van der Waals surface area contributed by atoms with Crippen molar-refractivity contribution < 1.29 is 29.6 Å². The molecule has 0 bridgehead atoms. The van der Waals surface area contributed by atoms with E-state index in [2.05, 4.69) is 15.9 Å². The summed E-state index contributed by atoms with van der Waals surface area (Å²) in [4.78, 5) is 34.7. The van der Waals surface area contributed by atoms with Crippen molar-refractivity contribution in [2.45, 2.75) is 45.2 Å². The van der Waals surface area contributed by atoms with E-state index in [0.717, 1.165) is 11.1 Å². The maximum Gasteiger partial charge on any atom is 1.00 e. The third-order valence-electron chi connectivity index (χ3n) is 5.59. The maximum atomic E-state index is 11.9. The quantitative estimate of drug-likeness (QED) is 0.208. The molecule has 0 fully saturated rings. The summed E-state index contributed by atoms with van der Waals surface area (Å²) < 4.78 is 0. The molecule has 0 aromatic heterocycles. The van der Waals surface area contributed by atoms with Crippen LogP contribution in [-0.2, 0) is 12.8 Å². The van der Waals surface area contributed by atoms with Gasteiger partial charge < -0.3 is 0 Å². The summed E-state index contributed by atoms with van der Waals surface area (Å²) in [6, 6.07) is 19.0. The average Bonchev–Trinajstić information content (AvgIpc) is 2.83. The van der Waals surface area contributed by atoms with Gasteiger partial charge in [0.25, 0.3) is 0 Å². The van der Waals surface area contributed by atoms with E-state index in [1.54, 1.807) is 7.05 Å². The van der Waals surface area contributed by atoms with E-state index in [1.165, 1.54) is 15.0 Å². The van der Waals surface area contributed by atoms with Crippen molar-refractivity contribution in [3.8, 4) is 0 Å². The van der Waals surface area contributed by atoms with Crippen LogP contribution in [0.2, 0.25) is 0 Å². The van der Waals surface area contributed by atoms with Gasteiger partial charge in [-0.25, -0.2) is 0 Å². The molecule has 2 atom stereocenters. The molecule has 0 N–H and O–H groups in total. The molecule has 0 aliphatic heterocycles. The third kappa shape index (κ3) is 10.3. The third-order valence-corrected chi connectivity index (χ3v) is 5.59. The zero-order valence-electron chi connectivity index (χ0n) is 20.7. The molecule has 34 heavy (non-hydrogen) atoms. The van der Waals surface area contributed by atoms with Crippen LogP contribution in [0, 0.1) is 20.6 Å². The van der Waals surface area contributed by atoms with Crippen LogP contribution in [0.15, 0.2) is 76.5 Å².